The van der Waals surface area contributed by atoms with Crippen LogP contribution in [-0.2, 0) is 12.6 Å². The standard InChI is InChI=1S/C6H4N2O4S/c9-7(10)4-2-1-3-5(13)6(4)8(11)12/h1-3,13H/p-1. The molecule has 0 spiro atoms. The molecule has 0 fully saturated rings. The van der Waals surface area contributed by atoms with Crippen LogP contribution in [0.15, 0.2) is 23.1 Å². The molecule has 0 aliphatic heterocycles. The first-order chi connectivity index (χ1) is 6.04. The van der Waals surface area contributed by atoms with Gasteiger partial charge in [0.05, 0.1) is 9.85 Å². The van der Waals surface area contributed by atoms with Crippen molar-refractivity contribution >= 4 is 24.0 Å². The molecule has 1 aromatic rings. The Labute approximate surface area is 77.9 Å². The maximum Gasteiger partial charge on any atom is 0.344 e. The van der Waals surface area contributed by atoms with E-state index in [9.17, 15) is 20.2 Å². The summed E-state index contributed by atoms with van der Waals surface area (Å²) in [7, 11) is 0. The molecule has 0 aromatic heterocycles. The van der Waals surface area contributed by atoms with Gasteiger partial charge in [-0.1, -0.05) is 17.0 Å². The molecule has 0 atom stereocenters. The normalized spacial score (nSPS) is 9.54. The Morgan fingerprint density at radius 1 is 1.15 bits per heavy atom. The Bertz CT molecular complexity index is 379. The van der Waals surface area contributed by atoms with Crippen molar-refractivity contribution in [3.8, 4) is 0 Å². The van der Waals surface area contributed by atoms with E-state index in [4.69, 9.17) is 0 Å². The molecule has 0 N–H and O–H groups in total. The number of nitro benzene ring substituents is 2. The van der Waals surface area contributed by atoms with Gasteiger partial charge in [0, 0.05) is 6.07 Å². The van der Waals surface area contributed by atoms with Crippen molar-refractivity contribution in [2.24, 2.45) is 0 Å². The Kier molecular flexibility index (Phi) is 2.38. The van der Waals surface area contributed by atoms with Crippen LogP contribution < -0.4 is 0 Å². The Morgan fingerprint density at radius 2 is 1.77 bits per heavy atom. The molecule has 13 heavy (non-hydrogen) atoms. The van der Waals surface area contributed by atoms with Crippen molar-refractivity contribution in [2.75, 3.05) is 0 Å². The van der Waals surface area contributed by atoms with Crippen LogP contribution >= 0.6 is 0 Å². The van der Waals surface area contributed by atoms with Crippen molar-refractivity contribution in [2.45, 2.75) is 4.90 Å². The first-order valence-corrected chi connectivity index (χ1v) is 3.53. The lowest BCUT2D eigenvalue weighted by Gasteiger charge is -2.04. The van der Waals surface area contributed by atoms with Crippen LogP contribution in [0.2, 0.25) is 0 Å². The van der Waals surface area contributed by atoms with E-state index < -0.39 is 21.2 Å². The number of para-hydroxylation sites is 1. The molecule has 0 saturated heterocycles. The summed E-state index contributed by atoms with van der Waals surface area (Å²) in [6.45, 7) is 0. The zero-order valence-electron chi connectivity index (χ0n) is 6.17. The summed E-state index contributed by atoms with van der Waals surface area (Å²) in [4.78, 5) is 18.9. The highest BCUT2D eigenvalue weighted by Gasteiger charge is 2.22. The van der Waals surface area contributed by atoms with E-state index in [1.807, 2.05) is 0 Å². The van der Waals surface area contributed by atoms with Crippen molar-refractivity contribution in [1.29, 1.82) is 0 Å². The fourth-order valence-electron chi connectivity index (χ4n) is 0.842. The summed E-state index contributed by atoms with van der Waals surface area (Å²) in [5, 5.41) is 20.7. The molecule has 6 nitrogen and oxygen atoms in total. The number of benzene rings is 1. The van der Waals surface area contributed by atoms with Crippen molar-refractivity contribution in [1.82, 2.24) is 0 Å². The van der Waals surface area contributed by atoms with Gasteiger partial charge in [-0.15, -0.1) is 0 Å². The fraction of sp³-hybridized carbons (Fsp3) is 0. The highest BCUT2D eigenvalue weighted by atomic mass is 32.1. The molecule has 68 valence electrons. The average molecular weight is 199 g/mol. The lowest BCUT2D eigenvalue weighted by Crippen LogP contribution is -1.97. The molecule has 0 saturated carbocycles. The average Bonchev–Trinajstić information content (AvgIpc) is 2.02. The maximum atomic E-state index is 10.4. The summed E-state index contributed by atoms with van der Waals surface area (Å²) in [5.74, 6) is 0. The fourth-order valence-corrected chi connectivity index (χ4v) is 1.10. The van der Waals surface area contributed by atoms with E-state index in [1.165, 1.54) is 12.1 Å². The Balaban J connectivity index is 3.43. The van der Waals surface area contributed by atoms with E-state index in [0.717, 1.165) is 6.07 Å². The number of hydrogen-bond acceptors (Lipinski definition) is 5. The summed E-state index contributed by atoms with van der Waals surface area (Å²) in [5.41, 5.74) is -1.19. The molecular formula is C6H3N2O4S-. The predicted molar refractivity (Wildman–Crippen MR) is 45.4 cm³/mol. The summed E-state index contributed by atoms with van der Waals surface area (Å²) in [6, 6.07) is 3.64. The summed E-state index contributed by atoms with van der Waals surface area (Å²) < 4.78 is 0. The van der Waals surface area contributed by atoms with Gasteiger partial charge in [0.25, 0.3) is 0 Å². The number of nitrogens with zero attached hydrogens (tertiary/aromatic N) is 2. The molecule has 0 unspecified atom stereocenters. The number of rotatable bonds is 2. The summed E-state index contributed by atoms with van der Waals surface area (Å²) >= 11 is 4.59. The minimum absolute atomic E-state index is 0.126. The second-order valence-corrected chi connectivity index (χ2v) is 2.58. The molecule has 0 amide bonds. The van der Waals surface area contributed by atoms with Crippen molar-refractivity contribution in [3.63, 3.8) is 0 Å². The van der Waals surface area contributed by atoms with Crippen LogP contribution in [0.3, 0.4) is 0 Å². The first kappa shape index (κ1) is 9.33. The predicted octanol–water partition coefficient (Wildman–Crippen LogP) is 1.41. The summed E-state index contributed by atoms with van der Waals surface area (Å²) in [6.07, 6.45) is 0. The molecule has 1 aromatic carbocycles. The van der Waals surface area contributed by atoms with E-state index in [-0.39, 0.29) is 4.90 Å². The second kappa shape index (κ2) is 3.31. The highest BCUT2D eigenvalue weighted by Crippen LogP contribution is 2.29. The highest BCUT2D eigenvalue weighted by molar-refractivity contribution is 7.59. The smallest absolute Gasteiger partial charge is 0.344 e. The second-order valence-electron chi connectivity index (χ2n) is 2.14. The van der Waals surface area contributed by atoms with Crippen molar-refractivity contribution in [3.05, 3.63) is 38.4 Å². The monoisotopic (exact) mass is 199 g/mol. The number of nitro groups is 2. The van der Waals surface area contributed by atoms with Crippen LogP contribution in [0, 0.1) is 20.2 Å². The molecule has 0 aliphatic rings. The largest absolute Gasteiger partial charge is 0.773 e. The minimum atomic E-state index is -0.847. The zero-order chi connectivity index (χ0) is 10.0. The third-order valence-electron chi connectivity index (χ3n) is 1.36. The van der Waals surface area contributed by atoms with Gasteiger partial charge in [-0.25, -0.2) is 0 Å². The van der Waals surface area contributed by atoms with E-state index >= 15 is 0 Å². The molecule has 1 rings (SSSR count). The SMILES string of the molecule is O=[N+]([O-])c1cccc([S-])c1[N+](=O)[O-]. The molecule has 0 radical (unpaired) electrons. The van der Waals surface area contributed by atoms with E-state index in [1.54, 1.807) is 0 Å². The van der Waals surface area contributed by atoms with Gasteiger partial charge in [-0.2, -0.15) is 0 Å². The number of hydrogen-bond donors (Lipinski definition) is 0. The third-order valence-corrected chi connectivity index (χ3v) is 1.69. The van der Waals surface area contributed by atoms with Gasteiger partial charge in [-0.3, -0.25) is 20.2 Å². The topological polar surface area (TPSA) is 86.3 Å². The lowest BCUT2D eigenvalue weighted by molar-refractivity contribution is -0.424. The van der Waals surface area contributed by atoms with Crippen molar-refractivity contribution < 1.29 is 9.85 Å². The van der Waals surface area contributed by atoms with Crippen LogP contribution in [0.25, 0.3) is 0 Å². The van der Waals surface area contributed by atoms with Gasteiger partial charge in [-0.05, 0) is 0 Å². The zero-order valence-corrected chi connectivity index (χ0v) is 6.98. The minimum Gasteiger partial charge on any atom is -0.773 e. The molecular weight excluding hydrogens is 196 g/mol. The Morgan fingerprint density at radius 3 is 2.15 bits per heavy atom. The van der Waals surface area contributed by atoms with Gasteiger partial charge >= 0.3 is 11.4 Å². The van der Waals surface area contributed by atoms with Crippen LogP contribution in [-0.4, -0.2) is 9.85 Å². The van der Waals surface area contributed by atoms with Gasteiger partial charge < -0.3 is 12.6 Å². The van der Waals surface area contributed by atoms with E-state index in [2.05, 4.69) is 12.6 Å². The molecule has 7 heteroatoms. The third kappa shape index (κ3) is 1.70. The van der Waals surface area contributed by atoms with E-state index in [0.29, 0.717) is 0 Å². The van der Waals surface area contributed by atoms with Gasteiger partial charge in [0.2, 0.25) is 0 Å². The van der Waals surface area contributed by atoms with Crippen LogP contribution in [0.1, 0.15) is 0 Å². The first-order valence-electron chi connectivity index (χ1n) is 3.13. The van der Waals surface area contributed by atoms with Gasteiger partial charge in [0.15, 0.2) is 0 Å². The maximum absolute atomic E-state index is 10.4. The van der Waals surface area contributed by atoms with Crippen LogP contribution in [0.5, 0.6) is 0 Å². The van der Waals surface area contributed by atoms with Crippen LogP contribution in [0.4, 0.5) is 11.4 Å². The molecule has 0 aliphatic carbocycles. The molecule has 0 bridgehead atoms. The Hall–Kier alpha value is -1.76. The van der Waals surface area contributed by atoms with Gasteiger partial charge in [0.1, 0.15) is 0 Å². The molecule has 0 heterocycles. The lowest BCUT2D eigenvalue weighted by atomic mass is 10.3. The quantitative estimate of drug-likeness (QED) is 0.408.